The standard InChI is InChI=1S/2C32H33N3O3.CH4/c2*1-4-35-20(3)26(21-9-6-5-7-10-21)16-23(30(35)37)17-28(36)22-12-13-25-19(2)32(18-24(25)15-22)27-11-8-14-33-29(27)34-31(32)38;/h2*5-15,19-20,23,26H,4,16-18H2,1-3H3,(H,33,34,38);1H4/t19-,20+,23+,26+,32-;19-,20-,23-,26-,32-;/m01./s1. The van der Waals surface area contributed by atoms with E-state index >= 15 is 0 Å². The second-order valence-electron chi connectivity index (χ2n) is 22.2. The molecule has 0 saturated carbocycles. The lowest BCUT2D eigenvalue weighted by Crippen LogP contribution is -2.50. The van der Waals surface area contributed by atoms with Gasteiger partial charge in [-0.1, -0.05) is 118 Å². The van der Waals surface area contributed by atoms with Crippen molar-refractivity contribution in [3.63, 3.8) is 0 Å². The maximum absolute atomic E-state index is 13.6. The van der Waals surface area contributed by atoms with Crippen LogP contribution in [0.4, 0.5) is 11.6 Å². The van der Waals surface area contributed by atoms with Crippen LogP contribution in [0.15, 0.2) is 134 Å². The van der Waals surface area contributed by atoms with Crippen molar-refractivity contribution in [3.05, 3.63) is 189 Å². The lowest BCUT2D eigenvalue weighted by Gasteiger charge is -2.42. The summed E-state index contributed by atoms with van der Waals surface area (Å²) in [6, 6.07) is 40.1. The molecule has 0 unspecified atom stereocenters. The van der Waals surface area contributed by atoms with Crippen molar-refractivity contribution < 1.29 is 28.8 Å². The van der Waals surface area contributed by atoms with Gasteiger partial charge < -0.3 is 20.4 Å². The number of hydrogen-bond donors (Lipinski definition) is 2. The Labute approximate surface area is 452 Å². The molecule has 12 rings (SSSR count). The summed E-state index contributed by atoms with van der Waals surface area (Å²) in [5.74, 6) is 0.945. The van der Waals surface area contributed by atoms with Gasteiger partial charge in [-0.25, -0.2) is 9.97 Å². The second kappa shape index (κ2) is 20.7. The monoisotopic (exact) mass is 1030 g/mol. The quantitative estimate of drug-likeness (QED) is 0.128. The zero-order chi connectivity index (χ0) is 53.2. The highest BCUT2D eigenvalue weighted by Crippen LogP contribution is 2.55. The number of Topliss-reactive ketones (excluding diaryl/α,β-unsaturated/α-hetero) is 2. The van der Waals surface area contributed by atoms with Gasteiger partial charge in [0, 0.05) is 108 Å². The van der Waals surface area contributed by atoms with Crippen LogP contribution in [0.3, 0.4) is 0 Å². The van der Waals surface area contributed by atoms with Gasteiger partial charge in [0.05, 0.1) is 10.8 Å². The number of ketones is 2. The Morgan fingerprint density at radius 1 is 0.545 bits per heavy atom. The molecule has 6 heterocycles. The third-order valence-electron chi connectivity index (χ3n) is 18.6. The number of benzene rings is 4. The van der Waals surface area contributed by atoms with Crippen LogP contribution in [0, 0.1) is 11.8 Å². The highest BCUT2D eigenvalue weighted by atomic mass is 16.2. The van der Waals surface area contributed by atoms with E-state index in [9.17, 15) is 28.8 Å². The number of amides is 4. The fourth-order valence-electron chi connectivity index (χ4n) is 14.4. The number of carbonyl (C=O) groups is 6. The van der Waals surface area contributed by atoms with Crippen molar-refractivity contribution in [2.45, 2.75) is 134 Å². The maximum Gasteiger partial charge on any atom is 0.237 e. The Balaban J connectivity index is 0.000000172. The number of fused-ring (bicyclic) bond motifs is 6. The predicted octanol–water partition coefficient (Wildman–Crippen LogP) is 11.1. The summed E-state index contributed by atoms with van der Waals surface area (Å²) in [6.45, 7) is 13.7. The van der Waals surface area contributed by atoms with Crippen LogP contribution in [-0.4, -0.2) is 80.1 Å². The number of rotatable bonds is 10. The molecular formula is C65H70N6O6. The number of nitrogens with one attached hydrogen (secondary N) is 2. The zero-order valence-electron chi connectivity index (χ0n) is 44.2. The minimum atomic E-state index is -0.701. The lowest BCUT2D eigenvalue weighted by atomic mass is 9.73. The molecule has 0 bridgehead atoms. The summed E-state index contributed by atoms with van der Waals surface area (Å²) < 4.78 is 0. The molecule has 2 spiro atoms. The second-order valence-corrected chi connectivity index (χ2v) is 22.2. The number of hydrogen-bond acceptors (Lipinski definition) is 8. The summed E-state index contributed by atoms with van der Waals surface area (Å²) in [7, 11) is 0. The fourth-order valence-corrected chi connectivity index (χ4v) is 14.4. The fraction of sp³-hybridized carbons (Fsp3) is 0.385. The number of nitrogens with zero attached hydrogens (tertiary/aromatic N) is 4. The zero-order valence-corrected chi connectivity index (χ0v) is 44.2. The summed E-state index contributed by atoms with van der Waals surface area (Å²) >= 11 is 0. The van der Waals surface area contributed by atoms with E-state index in [2.05, 4.69) is 72.6 Å². The molecular weight excluding hydrogens is 961 g/mol. The topological polar surface area (TPSA) is 159 Å². The molecule has 6 aromatic rings. The van der Waals surface area contributed by atoms with E-state index in [1.165, 1.54) is 11.1 Å². The van der Waals surface area contributed by atoms with Gasteiger partial charge in [0.15, 0.2) is 11.6 Å². The molecule has 0 radical (unpaired) electrons. The molecule has 4 amide bonds. The molecule has 2 aromatic heterocycles. The molecule has 396 valence electrons. The molecule has 12 nitrogen and oxygen atoms in total. The van der Waals surface area contributed by atoms with Crippen LogP contribution in [0.1, 0.15) is 164 Å². The summed E-state index contributed by atoms with van der Waals surface area (Å²) in [4.78, 5) is 93.0. The lowest BCUT2D eigenvalue weighted by molar-refractivity contribution is -0.142. The van der Waals surface area contributed by atoms with Crippen LogP contribution in [0.5, 0.6) is 0 Å². The Bertz CT molecular complexity index is 3090. The molecule has 2 N–H and O–H groups in total. The first-order valence-corrected chi connectivity index (χ1v) is 27.3. The highest BCUT2D eigenvalue weighted by molar-refractivity contribution is 6.08. The van der Waals surface area contributed by atoms with Crippen molar-refractivity contribution >= 4 is 46.8 Å². The normalized spacial score (nSPS) is 27.5. The Kier molecular flexibility index (Phi) is 14.2. The maximum atomic E-state index is 13.6. The van der Waals surface area contributed by atoms with Gasteiger partial charge in [-0.3, -0.25) is 28.8 Å². The average Bonchev–Trinajstić information content (AvgIpc) is 4.26. The summed E-state index contributed by atoms with van der Waals surface area (Å²) in [5.41, 5.74) is 8.34. The average molecular weight is 1030 g/mol. The number of piperidine rings is 2. The molecule has 10 atom stereocenters. The van der Waals surface area contributed by atoms with Gasteiger partial charge in [0.2, 0.25) is 23.6 Å². The van der Waals surface area contributed by atoms with Gasteiger partial charge in [-0.2, -0.15) is 0 Å². The molecule has 6 aliphatic rings. The van der Waals surface area contributed by atoms with E-state index < -0.39 is 10.8 Å². The van der Waals surface area contributed by atoms with Crippen LogP contribution in [-0.2, 0) is 42.8 Å². The van der Waals surface area contributed by atoms with Crippen LogP contribution in [0.2, 0.25) is 0 Å². The van der Waals surface area contributed by atoms with Crippen molar-refractivity contribution in [1.82, 2.24) is 19.8 Å². The molecule has 77 heavy (non-hydrogen) atoms. The van der Waals surface area contributed by atoms with Crippen molar-refractivity contribution in [2.24, 2.45) is 11.8 Å². The number of likely N-dealkylation sites (N-methyl/N-ethyl adjacent to an activating group) is 2. The first-order valence-electron chi connectivity index (χ1n) is 27.3. The third-order valence-corrected chi connectivity index (χ3v) is 18.6. The van der Waals surface area contributed by atoms with E-state index in [1.807, 2.05) is 121 Å². The molecule has 2 fully saturated rings. The van der Waals surface area contributed by atoms with Gasteiger partial charge in [0.1, 0.15) is 11.6 Å². The summed E-state index contributed by atoms with van der Waals surface area (Å²) in [6.07, 6.45) is 6.18. The van der Waals surface area contributed by atoms with Crippen molar-refractivity contribution in [3.8, 4) is 0 Å². The van der Waals surface area contributed by atoms with Gasteiger partial charge in [0.25, 0.3) is 0 Å². The minimum Gasteiger partial charge on any atom is -0.339 e. The largest absolute Gasteiger partial charge is 0.339 e. The van der Waals surface area contributed by atoms with Gasteiger partial charge in [-0.15, -0.1) is 0 Å². The Morgan fingerprint density at radius 2 is 0.935 bits per heavy atom. The third kappa shape index (κ3) is 8.68. The molecule has 2 aliphatic carbocycles. The first-order chi connectivity index (χ1) is 36.7. The minimum absolute atomic E-state index is 0. The van der Waals surface area contributed by atoms with E-state index in [1.54, 1.807) is 12.4 Å². The van der Waals surface area contributed by atoms with E-state index in [4.69, 9.17) is 0 Å². The number of anilines is 2. The first kappa shape index (κ1) is 52.8. The predicted molar refractivity (Wildman–Crippen MR) is 299 cm³/mol. The van der Waals surface area contributed by atoms with Crippen molar-refractivity contribution in [2.75, 3.05) is 23.7 Å². The van der Waals surface area contributed by atoms with Crippen LogP contribution in [0.25, 0.3) is 0 Å². The van der Waals surface area contributed by atoms with E-state index in [0.717, 1.165) is 33.4 Å². The van der Waals surface area contributed by atoms with Crippen LogP contribution < -0.4 is 10.6 Å². The summed E-state index contributed by atoms with van der Waals surface area (Å²) in [5, 5.41) is 5.93. The Hall–Kier alpha value is -7.60. The molecule has 4 aromatic carbocycles. The number of carbonyl (C=O) groups excluding carboxylic acids is 6. The highest BCUT2D eigenvalue weighted by Gasteiger charge is 2.57. The van der Waals surface area contributed by atoms with Gasteiger partial charge in [-0.05, 0) is 111 Å². The SMILES string of the molecule is C.CCN1C(=O)[C@@H](CC(=O)c2ccc3c(c2)C[C@@]2(C(=O)Nc4ncccc42)[C@@H]3C)C[C@@H](c2ccccc2)[C@H]1C.CCN1C(=O)[C@@H](CC(=O)c2ccc3c(c2)C[C@]2(C(=O)Nc4ncccc42)[C@H]3C)C[C@@H](c2ccccc2)[C@H]1C. The van der Waals surface area contributed by atoms with Crippen molar-refractivity contribution in [1.29, 1.82) is 0 Å². The molecule has 12 heteroatoms. The Morgan fingerprint density at radius 3 is 1.31 bits per heavy atom. The van der Waals surface area contributed by atoms with E-state index in [-0.39, 0.29) is 103 Å². The number of aromatic nitrogens is 2. The smallest absolute Gasteiger partial charge is 0.237 e. The number of pyridine rings is 2. The number of likely N-dealkylation sites (tertiary alicyclic amines) is 2. The molecule has 4 aliphatic heterocycles. The van der Waals surface area contributed by atoms with E-state index in [0.29, 0.717) is 61.5 Å². The molecule has 2 saturated heterocycles. The van der Waals surface area contributed by atoms with Crippen LogP contribution >= 0.6 is 0 Å². The van der Waals surface area contributed by atoms with Gasteiger partial charge >= 0.3 is 0 Å².